The fourth-order valence-electron chi connectivity index (χ4n) is 2.35. The number of benzene rings is 3. The lowest BCUT2D eigenvalue weighted by molar-refractivity contribution is 1.73. The van der Waals surface area contributed by atoms with E-state index < -0.39 is 6.62 Å². The van der Waals surface area contributed by atoms with Gasteiger partial charge < -0.3 is 34.8 Å². The van der Waals surface area contributed by atoms with E-state index in [0.29, 0.717) is 0 Å². The van der Waals surface area contributed by atoms with Crippen LogP contribution in [0.15, 0.2) is 91.0 Å². The monoisotopic (exact) mass is 414 g/mol. The van der Waals surface area contributed by atoms with Crippen LogP contribution in [0.3, 0.4) is 0 Å². The average Bonchev–Trinajstić information content (AvgIpc) is 2.63. The van der Waals surface area contributed by atoms with Gasteiger partial charge in [0.15, 0.2) is 0 Å². The number of rotatable bonds is 3. The van der Waals surface area contributed by atoms with Gasteiger partial charge in [-0.15, -0.1) is 0 Å². The molecule has 0 saturated heterocycles. The Bertz CT molecular complexity index is 619. The van der Waals surface area contributed by atoms with E-state index in [1.54, 1.807) is 0 Å². The Balaban J connectivity index is 0.000000471. The van der Waals surface area contributed by atoms with Crippen LogP contribution in [0.2, 0.25) is 0 Å². The van der Waals surface area contributed by atoms with Gasteiger partial charge in [0.2, 0.25) is 6.62 Å². The summed E-state index contributed by atoms with van der Waals surface area (Å²) in [7, 11) is 0. The Kier molecular flexibility index (Phi) is 7.88. The van der Waals surface area contributed by atoms with Gasteiger partial charge in [0.1, 0.15) is 27.2 Å². The Hall–Kier alpha value is -0.750. The minimum atomic E-state index is -2.05. The molecule has 0 nitrogen and oxygen atoms in total. The minimum Gasteiger partial charge on any atom is -0.312 e. The molecule has 0 spiro atoms. The Morgan fingerprint density at radius 1 is 0.500 bits per heavy atom. The van der Waals surface area contributed by atoms with Crippen molar-refractivity contribution in [2.24, 2.45) is 0 Å². The minimum absolute atomic E-state index is 0.167. The molecule has 3 rings (SSSR count). The number of halogens is 4. The third kappa shape index (κ3) is 5.12. The van der Waals surface area contributed by atoms with Gasteiger partial charge in [0, 0.05) is 0 Å². The van der Waals surface area contributed by atoms with Crippen LogP contribution in [0.1, 0.15) is 0 Å². The topological polar surface area (TPSA) is 0 Å². The second kappa shape index (κ2) is 9.66. The van der Waals surface area contributed by atoms with Crippen LogP contribution in [0.5, 0.6) is 0 Å². The van der Waals surface area contributed by atoms with Crippen molar-refractivity contribution in [1.82, 2.24) is 0 Å². The first-order valence-electron chi connectivity index (χ1n) is 7.14. The van der Waals surface area contributed by atoms with Crippen molar-refractivity contribution in [3.8, 4) is 0 Å². The van der Waals surface area contributed by atoms with Crippen LogP contribution in [-0.4, -0.2) is 0 Å². The molecule has 0 unspecified atom stereocenters. The van der Waals surface area contributed by atoms with Crippen LogP contribution in [0, 0.1) is 4.30 Å². The highest BCUT2D eigenvalue weighted by Crippen LogP contribution is 2.60. The maximum Gasteiger partial charge on any atom is 0.210 e. The van der Waals surface area contributed by atoms with Gasteiger partial charge in [-0.1, -0.05) is 58.9 Å². The highest BCUT2D eigenvalue weighted by atomic mass is 35.7. The van der Waals surface area contributed by atoms with Gasteiger partial charge in [0.05, 0.1) is 0 Å². The maximum absolute atomic E-state index is 7.23. The second-order valence-corrected chi connectivity index (χ2v) is 10.8. The zero-order chi connectivity index (χ0) is 17.4. The van der Waals surface area contributed by atoms with Gasteiger partial charge in [0.25, 0.3) is 0 Å². The van der Waals surface area contributed by atoms with E-state index in [1.165, 1.54) is 15.9 Å². The molecular formula is C19H15Cl4P. The maximum atomic E-state index is 7.23. The van der Waals surface area contributed by atoms with Crippen molar-refractivity contribution in [3.05, 3.63) is 95.3 Å². The van der Waals surface area contributed by atoms with E-state index in [-0.39, 0.29) is 4.30 Å². The molecule has 0 N–H and O–H groups in total. The van der Waals surface area contributed by atoms with Crippen molar-refractivity contribution < 1.29 is 0 Å². The van der Waals surface area contributed by atoms with E-state index >= 15 is 0 Å². The van der Waals surface area contributed by atoms with Crippen LogP contribution in [0.4, 0.5) is 0 Å². The molecule has 0 bridgehead atoms. The summed E-state index contributed by atoms with van der Waals surface area (Å²) in [4.78, 5) is 0. The molecule has 24 heavy (non-hydrogen) atoms. The molecule has 0 atom stereocenters. The lowest BCUT2D eigenvalue weighted by Crippen LogP contribution is -2.26. The van der Waals surface area contributed by atoms with E-state index in [9.17, 15) is 0 Å². The number of hydrogen-bond donors (Lipinski definition) is 0. The summed E-state index contributed by atoms with van der Waals surface area (Å²) in [6.07, 6.45) is 0. The van der Waals surface area contributed by atoms with Crippen molar-refractivity contribution in [3.63, 3.8) is 0 Å². The third-order valence-corrected chi connectivity index (χ3v) is 8.12. The molecule has 0 radical (unpaired) electrons. The van der Waals surface area contributed by atoms with Gasteiger partial charge in [-0.2, -0.15) is 0 Å². The lowest BCUT2D eigenvalue weighted by atomic mass is 10.4. The van der Waals surface area contributed by atoms with Crippen molar-refractivity contribution in [2.45, 2.75) is 0 Å². The largest absolute Gasteiger partial charge is 0.312 e. The Labute approximate surface area is 163 Å². The summed E-state index contributed by atoms with van der Waals surface area (Å²) in [6.45, 7) is -2.05. The first-order valence-corrected chi connectivity index (χ1v) is 11.0. The van der Waals surface area contributed by atoms with Crippen molar-refractivity contribution >= 4 is 68.6 Å². The highest BCUT2D eigenvalue weighted by Gasteiger charge is 2.44. The molecule has 0 aliphatic carbocycles. The molecule has 0 heterocycles. The first-order chi connectivity index (χ1) is 11.5. The van der Waals surface area contributed by atoms with Crippen LogP contribution >= 0.6 is 52.7 Å². The molecule has 3 aromatic carbocycles. The average molecular weight is 416 g/mol. The molecular weight excluding hydrogens is 401 g/mol. The van der Waals surface area contributed by atoms with Gasteiger partial charge in [-0.3, -0.25) is 0 Å². The van der Waals surface area contributed by atoms with E-state index in [0.717, 1.165) is 0 Å². The molecule has 0 saturated carbocycles. The summed E-state index contributed by atoms with van der Waals surface area (Å²) in [5, 5.41) is 3.58. The summed E-state index contributed by atoms with van der Waals surface area (Å²) < 4.78 is -0.167. The van der Waals surface area contributed by atoms with Gasteiger partial charge >= 0.3 is 0 Å². The van der Waals surface area contributed by atoms with Gasteiger partial charge in [-0.05, 0) is 36.4 Å². The summed E-state index contributed by atoms with van der Waals surface area (Å²) >= 11 is 21.4. The third-order valence-electron chi connectivity index (χ3n) is 3.34. The molecule has 0 fully saturated rings. The molecule has 0 aliphatic heterocycles. The fourth-order valence-corrected chi connectivity index (χ4v) is 6.00. The second-order valence-electron chi connectivity index (χ2n) is 4.81. The van der Waals surface area contributed by atoms with Crippen molar-refractivity contribution in [2.75, 3.05) is 0 Å². The first kappa shape index (κ1) is 19.6. The zero-order valence-corrected chi connectivity index (χ0v) is 16.5. The standard InChI is InChI=1S/C18H15ClP.CCl3/c19-20(16-10-4-1-5-11-16,17-12-6-2-7-13-17)18-14-8-3-9-15-18;2-1(3)4/h1-15H;/q+1;-1. The normalized spacial score (nSPS) is 10.9. The SMILES string of the molecule is Cl[C-](Cl)Cl.Cl[P+](c1ccccc1)(c1ccccc1)c1ccccc1. The van der Waals surface area contributed by atoms with E-state index in [1.807, 2.05) is 18.2 Å². The molecule has 3 aromatic rings. The summed E-state index contributed by atoms with van der Waals surface area (Å²) in [6, 6.07) is 31.2. The molecule has 0 aliphatic rings. The fraction of sp³-hybridized carbons (Fsp3) is 0. The molecule has 0 aromatic heterocycles. The van der Waals surface area contributed by atoms with Crippen LogP contribution < -0.4 is 15.9 Å². The smallest absolute Gasteiger partial charge is 0.210 e. The molecule has 5 heteroatoms. The quantitative estimate of drug-likeness (QED) is 0.348. The van der Waals surface area contributed by atoms with Gasteiger partial charge in [-0.25, -0.2) is 0 Å². The predicted molar refractivity (Wildman–Crippen MR) is 112 cm³/mol. The Morgan fingerprint density at radius 2 is 0.708 bits per heavy atom. The summed E-state index contributed by atoms with van der Waals surface area (Å²) in [5.74, 6) is 0. The van der Waals surface area contributed by atoms with Crippen molar-refractivity contribution in [1.29, 1.82) is 0 Å². The number of hydrogen-bond acceptors (Lipinski definition) is 0. The van der Waals surface area contributed by atoms with Crippen LogP contribution in [-0.2, 0) is 0 Å². The predicted octanol–water partition coefficient (Wildman–Crippen LogP) is 6.28. The zero-order valence-electron chi connectivity index (χ0n) is 12.6. The van der Waals surface area contributed by atoms with E-state index in [4.69, 9.17) is 46.0 Å². The molecule has 124 valence electrons. The lowest BCUT2D eigenvalue weighted by Gasteiger charge is -2.18. The van der Waals surface area contributed by atoms with E-state index in [2.05, 4.69) is 72.8 Å². The van der Waals surface area contributed by atoms with Crippen LogP contribution in [0.25, 0.3) is 0 Å². The molecule has 0 amide bonds. The highest BCUT2D eigenvalue weighted by molar-refractivity contribution is 8.14. The Morgan fingerprint density at radius 3 is 0.917 bits per heavy atom. The summed E-state index contributed by atoms with van der Waals surface area (Å²) in [5.41, 5.74) is 0.